The van der Waals surface area contributed by atoms with Crippen molar-refractivity contribution in [2.45, 2.75) is 0 Å². The summed E-state index contributed by atoms with van der Waals surface area (Å²) in [6.45, 7) is 0. The third kappa shape index (κ3) is 9.66. The third-order valence-corrected chi connectivity index (χ3v) is 0. The molecule has 4 heteroatoms. The van der Waals surface area contributed by atoms with Crippen LogP contribution in [0, 0.1) is 0 Å². The fraction of sp³-hybridized carbons (Fsp3) is 0. The van der Waals surface area contributed by atoms with E-state index in [0.29, 0.717) is 0 Å². The van der Waals surface area contributed by atoms with Gasteiger partial charge in [-0.15, -0.1) is 0 Å². The zero-order valence-corrected chi connectivity index (χ0v) is 0.500. The van der Waals surface area contributed by atoms with E-state index in [9.17, 15) is 0 Å². The first kappa shape index (κ1) is 23.7. The Balaban J connectivity index is 0. The van der Waals surface area contributed by atoms with Crippen LogP contribution in [0.4, 0.5) is 0 Å². The van der Waals surface area contributed by atoms with Crippen molar-refractivity contribution < 1.29 is 5.48 Å². The second kappa shape index (κ2) is 15.7. The van der Waals surface area contributed by atoms with E-state index in [1.165, 1.54) is 0 Å². The van der Waals surface area contributed by atoms with Crippen molar-refractivity contribution in [1.29, 1.82) is 0 Å². The van der Waals surface area contributed by atoms with E-state index in [4.69, 9.17) is 0 Å². The van der Waals surface area contributed by atoms with Gasteiger partial charge in [0.1, 0.15) is 0 Å². The average molecular weight is 240 g/mol. The molecule has 0 aromatic heterocycles. The Kier molecular flexibility index (Phi) is 92.8. The molecule has 0 spiro atoms. The molecule has 4 heavy (non-hydrogen) atoms. The average Bonchev–Trinajstić information content (AvgIpc) is 0. The minimum absolute atomic E-state index is 0. The molecule has 0 unspecified atom stereocenters. The Bertz CT molecular complexity index is 8.00. The molecule has 18 valence electrons. The van der Waals surface area contributed by atoms with Crippen LogP contribution in [0.1, 0.15) is 0 Å². The Labute approximate surface area is 138 Å². The molecule has 0 fully saturated rings. The summed E-state index contributed by atoms with van der Waals surface area (Å²) in [5.74, 6) is 0. The normalized spacial score (nSPS) is 0. The van der Waals surface area contributed by atoms with Gasteiger partial charge in [-0.2, -0.15) is 0 Å². The van der Waals surface area contributed by atoms with E-state index in [1.54, 1.807) is 0 Å². The van der Waals surface area contributed by atoms with Gasteiger partial charge < -0.3 is 5.48 Å². The van der Waals surface area contributed by atoms with E-state index >= 15 is 0 Å². The summed E-state index contributed by atoms with van der Waals surface area (Å²) in [6.07, 6.45) is 0. The van der Waals surface area contributed by atoms with Gasteiger partial charge in [-0.05, 0) is 0 Å². The van der Waals surface area contributed by atoms with Crippen LogP contribution in [0.2, 0.25) is 0 Å². The topological polar surface area (TPSA) is 31.5 Å². The van der Waals surface area contributed by atoms with Crippen molar-refractivity contribution in [2.75, 3.05) is 0 Å². The van der Waals surface area contributed by atoms with Gasteiger partial charge in [-0.1, -0.05) is 0 Å². The fourth-order valence-electron chi connectivity index (χ4n) is 0. The molecule has 0 aromatic carbocycles. The van der Waals surface area contributed by atoms with Gasteiger partial charge >= 0.3 is 138 Å². The summed E-state index contributed by atoms with van der Waals surface area (Å²) >= 11 is 0. The Morgan fingerprint density at radius 3 is 1.00 bits per heavy atom. The van der Waals surface area contributed by atoms with Crippen LogP contribution in [0.25, 0.3) is 0 Å². The molecule has 1 nitrogen and oxygen atoms in total. The fourth-order valence-corrected chi connectivity index (χ4v) is 0. The van der Waals surface area contributed by atoms with Crippen LogP contribution in [0.5, 0.6) is 0 Å². The molecule has 0 amide bonds. The molecule has 0 saturated heterocycles. The Hall–Kier alpha value is 4.43. The molecule has 0 bridgehead atoms. The van der Waals surface area contributed by atoms with Crippen molar-refractivity contribution in [1.82, 2.24) is 0 Å². The van der Waals surface area contributed by atoms with Crippen molar-refractivity contribution >= 4 is 138 Å². The van der Waals surface area contributed by atoms with Crippen molar-refractivity contribution in [2.24, 2.45) is 0 Å². The predicted octanol–water partition coefficient (Wildman–Crippen LogP) is -3.31. The summed E-state index contributed by atoms with van der Waals surface area (Å²) in [4.78, 5) is 0. The summed E-state index contributed by atoms with van der Waals surface area (Å²) < 4.78 is 0. The maximum atomic E-state index is 0. The van der Waals surface area contributed by atoms with Gasteiger partial charge in [0, 0.05) is 0 Å². The zero-order chi connectivity index (χ0) is 0. The van der Waals surface area contributed by atoms with Crippen LogP contribution in [-0.2, 0) is 0 Å². The van der Waals surface area contributed by atoms with Gasteiger partial charge in [0.15, 0.2) is 0 Å². The van der Waals surface area contributed by atoms with Crippen molar-refractivity contribution in [3.8, 4) is 0 Å². The number of rotatable bonds is 0. The molecular weight excluding hydrogens is 233 g/mol. The second-order valence-corrected chi connectivity index (χ2v) is 0. The molecule has 0 aliphatic rings. The maximum absolute atomic E-state index is 0. The van der Waals surface area contributed by atoms with Gasteiger partial charge in [-0.3, -0.25) is 0 Å². The summed E-state index contributed by atoms with van der Waals surface area (Å²) in [7, 11) is 0. The molecular formula is H7BaCaKO. The first-order valence-electron chi connectivity index (χ1n) is 0. The predicted molar refractivity (Wildman–Crippen MR) is 27.9 cm³/mol. The molecule has 0 atom stereocenters. The van der Waals surface area contributed by atoms with E-state index in [0.717, 1.165) is 0 Å². The summed E-state index contributed by atoms with van der Waals surface area (Å²) in [6, 6.07) is 0. The summed E-state index contributed by atoms with van der Waals surface area (Å²) in [5, 5.41) is 0. The van der Waals surface area contributed by atoms with Crippen LogP contribution in [-0.4, -0.2) is 143 Å². The monoisotopic (exact) mass is 240 g/mol. The van der Waals surface area contributed by atoms with E-state index in [-0.39, 0.29) is 143 Å². The first-order valence-corrected chi connectivity index (χ1v) is 0. The van der Waals surface area contributed by atoms with Crippen LogP contribution >= 0.6 is 0 Å². The van der Waals surface area contributed by atoms with Gasteiger partial charge in [0.05, 0.1) is 0 Å². The van der Waals surface area contributed by atoms with Crippen molar-refractivity contribution in [3.63, 3.8) is 0 Å². The SMILES string of the molecule is O.[BaH2].[CaH2].[KH]. The Morgan fingerprint density at radius 2 is 1.00 bits per heavy atom. The Morgan fingerprint density at radius 1 is 1.00 bits per heavy atom. The molecule has 0 saturated carbocycles. The molecule has 0 rings (SSSR count). The van der Waals surface area contributed by atoms with Gasteiger partial charge in [0.25, 0.3) is 0 Å². The molecule has 2 N–H and O–H groups in total. The van der Waals surface area contributed by atoms with Crippen LogP contribution in [0.15, 0.2) is 0 Å². The zero-order valence-electron chi connectivity index (χ0n) is 0.500. The van der Waals surface area contributed by atoms with Crippen molar-refractivity contribution in [3.05, 3.63) is 0 Å². The van der Waals surface area contributed by atoms with E-state index in [1.807, 2.05) is 0 Å². The van der Waals surface area contributed by atoms with E-state index in [2.05, 4.69) is 0 Å². The number of hydrogen-bond acceptors (Lipinski definition) is 0. The summed E-state index contributed by atoms with van der Waals surface area (Å²) in [5.41, 5.74) is 0. The molecule has 0 radical (unpaired) electrons. The van der Waals surface area contributed by atoms with Crippen LogP contribution in [0.3, 0.4) is 0 Å². The van der Waals surface area contributed by atoms with Gasteiger partial charge in [-0.25, -0.2) is 0 Å². The second-order valence-electron chi connectivity index (χ2n) is 0. The first-order chi connectivity index (χ1) is 0. The third-order valence-electron chi connectivity index (χ3n) is 0. The van der Waals surface area contributed by atoms with Gasteiger partial charge in [0.2, 0.25) is 0 Å². The van der Waals surface area contributed by atoms with Crippen LogP contribution < -0.4 is 0 Å². The molecule has 0 aliphatic heterocycles. The quantitative estimate of drug-likeness (QED) is 0.397. The standard InChI is InChI=1S/Ba.Ca.K.H2O.5H/h;;;1H2;;;;;. The number of hydrogen-bond donors (Lipinski definition) is 0. The molecule has 0 heterocycles. The molecule has 0 aromatic rings. The molecule has 0 aliphatic carbocycles. The van der Waals surface area contributed by atoms with E-state index < -0.39 is 0 Å². The minimum atomic E-state index is 0.